The molecule has 0 unspecified atom stereocenters. The van der Waals surface area contributed by atoms with Crippen molar-refractivity contribution in [3.63, 3.8) is 0 Å². The van der Waals surface area contributed by atoms with Gasteiger partial charge in [-0.05, 0) is 43.4 Å². The molecule has 3 nitrogen and oxygen atoms in total. The van der Waals surface area contributed by atoms with Gasteiger partial charge in [0.2, 0.25) is 0 Å². The highest BCUT2D eigenvalue weighted by Crippen LogP contribution is 2.35. The van der Waals surface area contributed by atoms with E-state index in [1.807, 2.05) is 0 Å². The van der Waals surface area contributed by atoms with E-state index >= 15 is 0 Å². The highest BCUT2D eigenvalue weighted by molar-refractivity contribution is 5.67. The lowest BCUT2D eigenvalue weighted by atomic mass is 9.75. The molecular weight excluding hydrogens is 250 g/mol. The van der Waals surface area contributed by atoms with Gasteiger partial charge in [-0.15, -0.1) is 0 Å². The Morgan fingerprint density at radius 3 is 2.45 bits per heavy atom. The van der Waals surface area contributed by atoms with Crippen LogP contribution in [-0.2, 0) is 4.74 Å². The number of rotatable bonds is 3. The zero-order valence-corrected chi connectivity index (χ0v) is 13.4. The van der Waals surface area contributed by atoms with E-state index in [0.29, 0.717) is 23.8 Å². The number of alkyl carbamates (subject to hydrolysis) is 1. The molecule has 1 N–H and O–H groups in total. The van der Waals surface area contributed by atoms with Gasteiger partial charge in [-0.25, -0.2) is 4.79 Å². The third-order valence-corrected chi connectivity index (χ3v) is 5.15. The summed E-state index contributed by atoms with van der Waals surface area (Å²) in [5.41, 5.74) is 0. The van der Waals surface area contributed by atoms with E-state index in [2.05, 4.69) is 26.1 Å². The molecule has 0 aromatic carbocycles. The quantitative estimate of drug-likeness (QED) is 0.826. The number of carbonyl (C=O) groups is 1. The first-order valence-electron chi connectivity index (χ1n) is 8.53. The highest BCUT2D eigenvalue weighted by atomic mass is 16.6. The molecule has 0 radical (unpaired) electrons. The molecule has 0 heterocycles. The molecule has 2 saturated carbocycles. The Kier molecular flexibility index (Phi) is 5.74. The van der Waals surface area contributed by atoms with E-state index in [0.717, 1.165) is 19.3 Å². The van der Waals surface area contributed by atoms with Crippen molar-refractivity contribution in [3.05, 3.63) is 0 Å². The molecule has 3 atom stereocenters. The van der Waals surface area contributed by atoms with Crippen LogP contribution >= 0.6 is 0 Å². The van der Waals surface area contributed by atoms with Crippen LogP contribution in [0.15, 0.2) is 0 Å². The second-order valence-electron chi connectivity index (χ2n) is 7.25. The summed E-state index contributed by atoms with van der Waals surface area (Å²) in [5.74, 6) is 1.80. The fourth-order valence-corrected chi connectivity index (χ4v) is 3.84. The average molecular weight is 281 g/mol. The van der Waals surface area contributed by atoms with Crippen LogP contribution in [0.25, 0.3) is 0 Å². The fraction of sp³-hybridized carbons (Fsp3) is 0.941. The Bertz CT molecular complexity index is 310. The second kappa shape index (κ2) is 7.33. The topological polar surface area (TPSA) is 38.3 Å². The zero-order chi connectivity index (χ0) is 14.5. The molecule has 2 rings (SSSR count). The Balaban J connectivity index is 1.83. The summed E-state index contributed by atoms with van der Waals surface area (Å²) in [7, 11) is 0. The molecule has 2 aliphatic rings. The van der Waals surface area contributed by atoms with E-state index < -0.39 is 0 Å². The monoisotopic (exact) mass is 281 g/mol. The summed E-state index contributed by atoms with van der Waals surface area (Å²) in [6.45, 7) is 6.76. The highest BCUT2D eigenvalue weighted by Gasteiger charge is 2.33. The number of carbonyl (C=O) groups excluding carboxylic acids is 1. The lowest BCUT2D eigenvalue weighted by molar-refractivity contribution is 0.00447. The minimum absolute atomic E-state index is 0.113. The molecule has 116 valence electrons. The van der Waals surface area contributed by atoms with Crippen molar-refractivity contribution in [1.29, 1.82) is 0 Å². The molecule has 1 amide bonds. The lowest BCUT2D eigenvalue weighted by Gasteiger charge is -2.37. The van der Waals surface area contributed by atoms with Crippen molar-refractivity contribution in [1.82, 2.24) is 5.32 Å². The Labute approximate surface area is 123 Å². The molecule has 3 heteroatoms. The summed E-state index contributed by atoms with van der Waals surface area (Å²) in [5, 5.41) is 3.08. The molecule has 0 bridgehead atoms. The molecule has 0 aromatic rings. The van der Waals surface area contributed by atoms with Gasteiger partial charge in [0.1, 0.15) is 6.10 Å². The summed E-state index contributed by atoms with van der Waals surface area (Å²) < 4.78 is 5.79. The summed E-state index contributed by atoms with van der Waals surface area (Å²) in [4.78, 5) is 12.1. The van der Waals surface area contributed by atoms with Crippen molar-refractivity contribution in [2.45, 2.75) is 84.3 Å². The summed E-state index contributed by atoms with van der Waals surface area (Å²) >= 11 is 0. The normalized spacial score (nSPS) is 32.1. The van der Waals surface area contributed by atoms with Crippen LogP contribution in [0.3, 0.4) is 0 Å². The first kappa shape index (κ1) is 15.7. The Morgan fingerprint density at radius 2 is 1.80 bits per heavy atom. The van der Waals surface area contributed by atoms with E-state index in [1.165, 1.54) is 32.1 Å². The fourth-order valence-electron chi connectivity index (χ4n) is 3.84. The third-order valence-electron chi connectivity index (χ3n) is 5.15. The first-order valence-corrected chi connectivity index (χ1v) is 8.53. The maximum atomic E-state index is 12.1. The van der Waals surface area contributed by atoms with Gasteiger partial charge >= 0.3 is 6.09 Å². The van der Waals surface area contributed by atoms with Gasteiger partial charge in [-0.1, -0.05) is 46.5 Å². The van der Waals surface area contributed by atoms with E-state index in [4.69, 9.17) is 4.74 Å². The maximum Gasteiger partial charge on any atom is 0.407 e. The van der Waals surface area contributed by atoms with Crippen LogP contribution < -0.4 is 5.32 Å². The van der Waals surface area contributed by atoms with Crippen LogP contribution in [0, 0.1) is 17.8 Å². The summed E-state index contributed by atoms with van der Waals surface area (Å²) in [6.07, 6.45) is 9.44. The summed E-state index contributed by atoms with van der Waals surface area (Å²) in [6, 6.07) is 0.342. The van der Waals surface area contributed by atoms with Crippen molar-refractivity contribution in [2.75, 3.05) is 0 Å². The third kappa shape index (κ3) is 4.39. The smallest absolute Gasteiger partial charge is 0.407 e. The minimum atomic E-state index is -0.179. The predicted molar refractivity (Wildman–Crippen MR) is 81.6 cm³/mol. The SMILES string of the molecule is CC(C)[C@H]1CC[C@@H](C)C[C@@H]1OC(=O)NC1CCCCC1. The van der Waals surface area contributed by atoms with Crippen LogP contribution in [0.4, 0.5) is 4.79 Å². The molecule has 0 aromatic heterocycles. The number of hydrogen-bond donors (Lipinski definition) is 1. The number of ether oxygens (including phenoxy) is 1. The van der Waals surface area contributed by atoms with E-state index in [1.54, 1.807) is 0 Å². The van der Waals surface area contributed by atoms with Crippen molar-refractivity contribution < 1.29 is 9.53 Å². The number of hydrogen-bond acceptors (Lipinski definition) is 2. The second-order valence-corrected chi connectivity index (χ2v) is 7.25. The van der Waals surface area contributed by atoms with Crippen molar-refractivity contribution in [2.24, 2.45) is 17.8 Å². The van der Waals surface area contributed by atoms with Crippen LogP contribution in [0.1, 0.15) is 72.1 Å². The minimum Gasteiger partial charge on any atom is -0.446 e. The zero-order valence-electron chi connectivity index (χ0n) is 13.4. The Hall–Kier alpha value is -0.730. The van der Waals surface area contributed by atoms with Crippen molar-refractivity contribution >= 4 is 6.09 Å². The lowest BCUT2D eigenvalue weighted by Crippen LogP contribution is -2.42. The van der Waals surface area contributed by atoms with Gasteiger partial charge in [0.25, 0.3) is 0 Å². The predicted octanol–water partition coefficient (Wildman–Crippen LogP) is 4.51. The molecule has 2 aliphatic carbocycles. The van der Waals surface area contributed by atoms with Crippen molar-refractivity contribution in [3.8, 4) is 0 Å². The van der Waals surface area contributed by atoms with Gasteiger partial charge in [-0.3, -0.25) is 0 Å². The van der Waals surface area contributed by atoms with Crippen LogP contribution in [-0.4, -0.2) is 18.2 Å². The molecule has 0 spiro atoms. The molecule has 20 heavy (non-hydrogen) atoms. The van der Waals surface area contributed by atoms with Gasteiger partial charge in [0.05, 0.1) is 0 Å². The molecular formula is C17H31NO2. The largest absolute Gasteiger partial charge is 0.446 e. The molecule has 0 saturated heterocycles. The number of amides is 1. The van der Waals surface area contributed by atoms with Crippen LogP contribution in [0.5, 0.6) is 0 Å². The van der Waals surface area contributed by atoms with Gasteiger partial charge in [0.15, 0.2) is 0 Å². The first-order chi connectivity index (χ1) is 9.56. The molecule has 2 fully saturated rings. The number of nitrogens with one attached hydrogen (secondary N) is 1. The molecule has 0 aliphatic heterocycles. The Morgan fingerprint density at radius 1 is 1.10 bits per heavy atom. The average Bonchev–Trinajstić information content (AvgIpc) is 2.39. The van der Waals surface area contributed by atoms with Gasteiger partial charge in [0, 0.05) is 6.04 Å². The standard InChI is InChI=1S/C17H31NO2/c1-12(2)15-10-9-13(3)11-16(15)20-17(19)18-14-7-5-4-6-8-14/h12-16H,4-11H2,1-3H3,(H,18,19)/t13-,15-,16+/m1/s1. The van der Waals surface area contributed by atoms with Crippen LogP contribution in [0.2, 0.25) is 0 Å². The maximum absolute atomic E-state index is 12.1. The van der Waals surface area contributed by atoms with Gasteiger partial charge in [-0.2, -0.15) is 0 Å². The van der Waals surface area contributed by atoms with E-state index in [9.17, 15) is 4.79 Å². The van der Waals surface area contributed by atoms with Gasteiger partial charge < -0.3 is 10.1 Å². The van der Waals surface area contributed by atoms with E-state index in [-0.39, 0.29) is 12.2 Å².